The third-order valence-corrected chi connectivity index (χ3v) is 6.22. The van der Waals surface area contributed by atoms with Gasteiger partial charge in [0.05, 0.1) is 16.9 Å². The van der Waals surface area contributed by atoms with Gasteiger partial charge in [-0.15, -0.1) is 0 Å². The largest absolute Gasteiger partial charge is 0.306 e. The molecule has 0 saturated heterocycles. The lowest BCUT2D eigenvalue weighted by Crippen LogP contribution is -2.31. The van der Waals surface area contributed by atoms with Crippen LogP contribution < -0.4 is 4.90 Å². The number of hydrogen-bond donors (Lipinski definition) is 0. The van der Waals surface area contributed by atoms with Gasteiger partial charge >= 0.3 is 0 Å². The van der Waals surface area contributed by atoms with Crippen LogP contribution in [0.5, 0.6) is 0 Å². The minimum atomic E-state index is -0.130. The molecule has 0 unspecified atom stereocenters. The first-order valence-electron chi connectivity index (χ1n) is 11.8. The molecule has 1 aromatic heterocycles. The van der Waals surface area contributed by atoms with E-state index < -0.39 is 0 Å². The summed E-state index contributed by atoms with van der Waals surface area (Å²) in [5.74, 6) is -0.230. The summed E-state index contributed by atoms with van der Waals surface area (Å²) < 4.78 is 1.77. The number of rotatable bonds is 5. The van der Waals surface area contributed by atoms with Crippen molar-refractivity contribution in [2.45, 2.75) is 13.8 Å². The molecule has 0 radical (unpaired) electrons. The maximum atomic E-state index is 14.0. The van der Waals surface area contributed by atoms with E-state index in [9.17, 15) is 9.59 Å². The molecular formula is C31H26N2O2. The van der Waals surface area contributed by atoms with Gasteiger partial charge in [-0.05, 0) is 49.7 Å². The number of aryl methyl sites for hydroxylation is 1. The number of amides is 1. The Bertz CT molecular complexity index is 1500. The van der Waals surface area contributed by atoms with Gasteiger partial charge in [0.15, 0.2) is 0 Å². The Labute approximate surface area is 205 Å². The highest BCUT2D eigenvalue weighted by molar-refractivity contribution is 6.18. The smallest absolute Gasteiger partial charge is 0.262 e. The number of carbonyl (C=O) groups excluding carboxylic acids is 2. The van der Waals surface area contributed by atoms with Crippen LogP contribution in [0.25, 0.3) is 22.2 Å². The van der Waals surface area contributed by atoms with E-state index in [1.807, 2.05) is 123 Å². The van der Waals surface area contributed by atoms with Gasteiger partial charge in [0, 0.05) is 28.6 Å². The van der Waals surface area contributed by atoms with Gasteiger partial charge in [0.1, 0.15) is 0 Å². The van der Waals surface area contributed by atoms with Crippen molar-refractivity contribution in [1.82, 2.24) is 4.57 Å². The summed E-state index contributed by atoms with van der Waals surface area (Å²) in [6, 6.07) is 34.5. The molecule has 4 heteroatoms. The Morgan fingerprint density at radius 2 is 1.31 bits per heavy atom. The molecule has 5 rings (SSSR count). The maximum Gasteiger partial charge on any atom is 0.262 e. The number of benzene rings is 4. The number of nitrogens with zero attached hydrogens (tertiary/aromatic N) is 2. The van der Waals surface area contributed by atoms with E-state index >= 15 is 0 Å². The normalized spacial score (nSPS) is 10.9. The fraction of sp³-hybridized carbons (Fsp3) is 0.0968. The van der Waals surface area contributed by atoms with Crippen molar-refractivity contribution in [2.24, 2.45) is 0 Å². The van der Waals surface area contributed by atoms with Crippen LogP contribution in [-0.2, 0) is 0 Å². The van der Waals surface area contributed by atoms with Crippen LogP contribution in [0.3, 0.4) is 0 Å². The standard InChI is InChI=1S/C31H26N2O2/c1-3-32(30(34)24-15-9-5-10-16-24)29-26-20-19-22(2)21-27(26)33(28(29)23-13-7-4-8-14-23)31(35)25-17-11-6-12-18-25/h4-21H,3H2,1-2H3. The van der Waals surface area contributed by atoms with E-state index in [1.165, 1.54) is 0 Å². The summed E-state index contributed by atoms with van der Waals surface area (Å²) in [7, 11) is 0. The molecule has 1 amide bonds. The predicted molar refractivity (Wildman–Crippen MR) is 142 cm³/mol. The molecule has 0 spiro atoms. The SMILES string of the molecule is CCN(C(=O)c1ccccc1)c1c(-c2ccccc2)n(C(=O)c2ccccc2)c2cc(C)ccc12. The lowest BCUT2D eigenvalue weighted by molar-refractivity contribution is 0.0962. The third kappa shape index (κ3) is 4.04. The second-order valence-electron chi connectivity index (χ2n) is 8.51. The summed E-state index contributed by atoms with van der Waals surface area (Å²) in [6.07, 6.45) is 0. The Kier molecular flexibility index (Phi) is 6.02. The molecule has 0 aliphatic heterocycles. The van der Waals surface area contributed by atoms with Gasteiger partial charge in [-0.1, -0.05) is 78.9 Å². The minimum Gasteiger partial charge on any atom is -0.306 e. The fourth-order valence-corrected chi connectivity index (χ4v) is 4.58. The number of aromatic nitrogens is 1. The molecule has 35 heavy (non-hydrogen) atoms. The van der Waals surface area contributed by atoms with Crippen LogP contribution in [0.4, 0.5) is 5.69 Å². The molecule has 0 bridgehead atoms. The molecule has 0 atom stereocenters. The Balaban J connectivity index is 1.86. The molecular weight excluding hydrogens is 432 g/mol. The van der Waals surface area contributed by atoms with Crippen LogP contribution in [0, 0.1) is 6.92 Å². The lowest BCUT2D eigenvalue weighted by atomic mass is 10.1. The van der Waals surface area contributed by atoms with Crippen molar-refractivity contribution < 1.29 is 9.59 Å². The maximum absolute atomic E-state index is 14.0. The first kappa shape index (κ1) is 22.4. The summed E-state index contributed by atoms with van der Waals surface area (Å²) in [4.78, 5) is 29.5. The second-order valence-corrected chi connectivity index (χ2v) is 8.51. The highest BCUT2D eigenvalue weighted by Gasteiger charge is 2.29. The van der Waals surface area contributed by atoms with E-state index in [2.05, 4.69) is 0 Å². The molecule has 0 aliphatic carbocycles. The quantitative estimate of drug-likeness (QED) is 0.285. The summed E-state index contributed by atoms with van der Waals surface area (Å²) >= 11 is 0. The van der Waals surface area contributed by atoms with E-state index in [1.54, 1.807) is 9.47 Å². The van der Waals surface area contributed by atoms with Crippen LogP contribution in [0.15, 0.2) is 109 Å². The minimum absolute atomic E-state index is 0.0999. The van der Waals surface area contributed by atoms with Crippen molar-refractivity contribution in [3.05, 3.63) is 126 Å². The lowest BCUT2D eigenvalue weighted by Gasteiger charge is -2.23. The first-order valence-corrected chi connectivity index (χ1v) is 11.8. The van der Waals surface area contributed by atoms with Gasteiger partial charge in [-0.25, -0.2) is 0 Å². The highest BCUT2D eigenvalue weighted by atomic mass is 16.2. The molecule has 4 nitrogen and oxygen atoms in total. The molecule has 5 aromatic rings. The molecule has 172 valence electrons. The number of carbonyl (C=O) groups is 2. The average molecular weight is 459 g/mol. The molecule has 0 fully saturated rings. The summed E-state index contributed by atoms with van der Waals surface area (Å²) in [6.45, 7) is 4.43. The number of anilines is 1. The van der Waals surface area contributed by atoms with E-state index in [-0.39, 0.29) is 11.8 Å². The van der Waals surface area contributed by atoms with Crippen molar-refractivity contribution in [3.8, 4) is 11.3 Å². The van der Waals surface area contributed by atoms with Crippen molar-refractivity contribution in [3.63, 3.8) is 0 Å². The van der Waals surface area contributed by atoms with Gasteiger partial charge in [-0.2, -0.15) is 0 Å². The van der Waals surface area contributed by atoms with Gasteiger partial charge in [0.2, 0.25) is 0 Å². The molecule has 0 aliphatic rings. The Hall–Kier alpha value is -4.44. The van der Waals surface area contributed by atoms with Crippen LogP contribution in [0.1, 0.15) is 33.2 Å². The molecule has 1 heterocycles. The second kappa shape index (κ2) is 9.43. The predicted octanol–water partition coefficient (Wildman–Crippen LogP) is 6.97. The van der Waals surface area contributed by atoms with Crippen LogP contribution >= 0.6 is 0 Å². The fourth-order valence-electron chi connectivity index (χ4n) is 4.58. The first-order chi connectivity index (χ1) is 17.1. The third-order valence-electron chi connectivity index (χ3n) is 6.22. The van der Waals surface area contributed by atoms with E-state index in [0.717, 1.165) is 27.7 Å². The topological polar surface area (TPSA) is 42.3 Å². The van der Waals surface area contributed by atoms with Gasteiger partial charge in [-0.3, -0.25) is 14.2 Å². The molecule has 0 saturated carbocycles. The van der Waals surface area contributed by atoms with Gasteiger partial charge < -0.3 is 4.90 Å². The Morgan fingerprint density at radius 1 is 0.743 bits per heavy atom. The Morgan fingerprint density at radius 3 is 1.91 bits per heavy atom. The van der Waals surface area contributed by atoms with Crippen molar-refractivity contribution in [2.75, 3.05) is 11.4 Å². The average Bonchev–Trinajstić information content (AvgIpc) is 3.24. The van der Waals surface area contributed by atoms with Crippen molar-refractivity contribution >= 4 is 28.4 Å². The zero-order valence-corrected chi connectivity index (χ0v) is 19.8. The number of fused-ring (bicyclic) bond motifs is 1. The molecule has 4 aromatic carbocycles. The van der Waals surface area contributed by atoms with E-state index in [4.69, 9.17) is 0 Å². The monoisotopic (exact) mass is 458 g/mol. The summed E-state index contributed by atoms with van der Waals surface area (Å²) in [5, 5.41) is 0.866. The molecule has 0 N–H and O–H groups in total. The van der Waals surface area contributed by atoms with Gasteiger partial charge in [0.25, 0.3) is 11.8 Å². The zero-order valence-electron chi connectivity index (χ0n) is 19.8. The van der Waals surface area contributed by atoms with Crippen molar-refractivity contribution in [1.29, 1.82) is 0 Å². The highest BCUT2D eigenvalue weighted by Crippen LogP contribution is 2.42. The van der Waals surface area contributed by atoms with Crippen LogP contribution in [0.2, 0.25) is 0 Å². The zero-order chi connectivity index (χ0) is 24.4. The number of hydrogen-bond acceptors (Lipinski definition) is 2. The van der Waals surface area contributed by atoms with E-state index in [0.29, 0.717) is 23.4 Å². The van der Waals surface area contributed by atoms with Crippen LogP contribution in [-0.4, -0.2) is 22.9 Å². The summed E-state index contributed by atoms with van der Waals surface area (Å²) in [5.41, 5.74) is 5.36.